The summed E-state index contributed by atoms with van der Waals surface area (Å²) < 4.78 is 5.72. The van der Waals surface area contributed by atoms with E-state index in [4.69, 9.17) is 4.74 Å². The van der Waals surface area contributed by atoms with Crippen LogP contribution in [-0.2, 0) is 9.53 Å². The smallest absolute Gasteiger partial charge is 0.149 e. The van der Waals surface area contributed by atoms with Crippen molar-refractivity contribution in [2.75, 3.05) is 19.7 Å². The molecule has 2 unspecified atom stereocenters. The van der Waals surface area contributed by atoms with E-state index in [0.29, 0.717) is 24.5 Å². The van der Waals surface area contributed by atoms with Crippen molar-refractivity contribution in [1.29, 1.82) is 0 Å². The van der Waals surface area contributed by atoms with Crippen molar-refractivity contribution < 1.29 is 9.53 Å². The highest BCUT2D eigenvalue weighted by molar-refractivity contribution is 5.82. The largest absolute Gasteiger partial charge is 0.375 e. The fraction of sp³-hybridized carbons (Fsp3) is 0.917. The topological polar surface area (TPSA) is 29.5 Å². The summed E-state index contributed by atoms with van der Waals surface area (Å²) in [5.74, 6) is 0.523. The van der Waals surface area contributed by atoms with E-state index < -0.39 is 0 Å². The summed E-state index contributed by atoms with van der Waals surface area (Å²) in [4.78, 5) is 14.1. The van der Waals surface area contributed by atoms with Crippen LogP contribution in [0, 0.1) is 5.92 Å². The normalized spacial score (nSPS) is 31.9. The predicted octanol–water partition coefficient (Wildman–Crippen LogP) is 1.46. The lowest BCUT2D eigenvalue weighted by molar-refractivity contribution is -0.127. The van der Waals surface area contributed by atoms with Gasteiger partial charge in [0.15, 0.2) is 0 Å². The van der Waals surface area contributed by atoms with E-state index in [2.05, 4.69) is 4.90 Å². The first-order valence-electron chi connectivity index (χ1n) is 6.07. The number of carbonyl (C=O) groups excluding carboxylic acids is 1. The Morgan fingerprint density at radius 2 is 2.27 bits per heavy atom. The maximum atomic E-state index is 11.7. The Morgan fingerprint density at radius 3 is 3.00 bits per heavy atom. The summed E-state index contributed by atoms with van der Waals surface area (Å²) in [5.41, 5.74) is 0. The third-order valence-electron chi connectivity index (χ3n) is 3.60. The monoisotopic (exact) mass is 211 g/mol. The zero-order valence-electron chi connectivity index (χ0n) is 9.74. The lowest BCUT2D eigenvalue weighted by Gasteiger charge is -2.37. The zero-order valence-corrected chi connectivity index (χ0v) is 9.74. The van der Waals surface area contributed by atoms with Crippen molar-refractivity contribution in [3.63, 3.8) is 0 Å². The lowest BCUT2D eigenvalue weighted by atomic mass is 10.1. The molecule has 1 saturated heterocycles. The number of ether oxygens (including phenoxy) is 1. The molecule has 2 rings (SSSR count). The molecule has 3 nitrogen and oxygen atoms in total. The van der Waals surface area contributed by atoms with Gasteiger partial charge in [-0.1, -0.05) is 13.8 Å². The quantitative estimate of drug-likeness (QED) is 0.708. The molecule has 0 spiro atoms. The third kappa shape index (κ3) is 2.40. The van der Waals surface area contributed by atoms with Crippen LogP contribution in [0.25, 0.3) is 0 Å². The van der Waals surface area contributed by atoms with Crippen LogP contribution in [-0.4, -0.2) is 42.5 Å². The molecule has 86 valence electrons. The molecule has 15 heavy (non-hydrogen) atoms. The zero-order chi connectivity index (χ0) is 10.8. The molecule has 1 saturated carbocycles. The molecule has 0 radical (unpaired) electrons. The second kappa shape index (κ2) is 4.62. The van der Waals surface area contributed by atoms with Gasteiger partial charge < -0.3 is 4.74 Å². The van der Waals surface area contributed by atoms with Gasteiger partial charge in [0.05, 0.1) is 19.3 Å². The second-order valence-corrected chi connectivity index (χ2v) is 5.00. The van der Waals surface area contributed by atoms with Gasteiger partial charge in [0.25, 0.3) is 0 Å². The number of hydrogen-bond acceptors (Lipinski definition) is 3. The first-order valence-corrected chi connectivity index (χ1v) is 6.07. The molecule has 3 heteroatoms. The number of hydrogen-bond donors (Lipinski definition) is 0. The Kier molecular flexibility index (Phi) is 3.42. The summed E-state index contributed by atoms with van der Waals surface area (Å²) in [7, 11) is 0. The Hall–Kier alpha value is -0.410. The molecular weight excluding hydrogens is 190 g/mol. The Morgan fingerprint density at radius 1 is 1.47 bits per heavy atom. The van der Waals surface area contributed by atoms with Gasteiger partial charge in [-0.3, -0.25) is 9.69 Å². The number of morpholine rings is 1. The highest BCUT2D eigenvalue weighted by Crippen LogP contribution is 2.29. The van der Waals surface area contributed by atoms with Crippen LogP contribution >= 0.6 is 0 Å². The SMILES string of the molecule is CC(C)C(=O)CN1CCOC2CCCC21. The van der Waals surface area contributed by atoms with Gasteiger partial charge in [-0.25, -0.2) is 0 Å². The van der Waals surface area contributed by atoms with Crippen LogP contribution in [0.4, 0.5) is 0 Å². The first kappa shape index (κ1) is 11.1. The van der Waals surface area contributed by atoms with Crippen molar-refractivity contribution in [1.82, 2.24) is 4.90 Å². The molecule has 0 aromatic carbocycles. The van der Waals surface area contributed by atoms with Gasteiger partial charge in [0, 0.05) is 18.5 Å². The summed E-state index contributed by atoms with van der Waals surface area (Å²) in [6.07, 6.45) is 4.04. The molecule has 0 amide bonds. The Labute approximate surface area is 91.8 Å². The number of Topliss-reactive ketones (excluding diaryl/α,β-unsaturated/α-hetero) is 1. The van der Waals surface area contributed by atoms with Gasteiger partial charge in [-0.15, -0.1) is 0 Å². The van der Waals surface area contributed by atoms with Crippen LogP contribution in [0.5, 0.6) is 0 Å². The predicted molar refractivity (Wildman–Crippen MR) is 58.8 cm³/mol. The molecular formula is C12H21NO2. The number of fused-ring (bicyclic) bond motifs is 1. The van der Waals surface area contributed by atoms with Gasteiger partial charge in [-0.2, -0.15) is 0 Å². The van der Waals surface area contributed by atoms with Gasteiger partial charge >= 0.3 is 0 Å². The first-order chi connectivity index (χ1) is 7.18. The molecule has 2 atom stereocenters. The van der Waals surface area contributed by atoms with E-state index in [1.807, 2.05) is 13.8 Å². The highest BCUT2D eigenvalue weighted by Gasteiger charge is 2.36. The number of carbonyl (C=O) groups is 1. The van der Waals surface area contributed by atoms with E-state index in [-0.39, 0.29) is 5.92 Å². The molecule has 2 aliphatic rings. The molecule has 0 aromatic rings. The van der Waals surface area contributed by atoms with Gasteiger partial charge in [0.1, 0.15) is 5.78 Å². The highest BCUT2D eigenvalue weighted by atomic mass is 16.5. The van der Waals surface area contributed by atoms with E-state index in [9.17, 15) is 4.79 Å². The van der Waals surface area contributed by atoms with E-state index in [1.165, 1.54) is 19.3 Å². The van der Waals surface area contributed by atoms with E-state index in [1.54, 1.807) is 0 Å². The molecule has 2 fully saturated rings. The van der Waals surface area contributed by atoms with Crippen molar-refractivity contribution in [2.24, 2.45) is 5.92 Å². The standard InChI is InChI=1S/C12H21NO2/c1-9(2)11(14)8-13-6-7-15-12-5-3-4-10(12)13/h9-10,12H,3-8H2,1-2H3. The average Bonchev–Trinajstić information content (AvgIpc) is 2.66. The molecule has 1 aliphatic carbocycles. The molecule has 1 aliphatic heterocycles. The minimum Gasteiger partial charge on any atom is -0.375 e. The van der Waals surface area contributed by atoms with Crippen LogP contribution in [0.2, 0.25) is 0 Å². The summed E-state index contributed by atoms with van der Waals surface area (Å²) in [6.45, 7) is 6.32. The third-order valence-corrected chi connectivity index (χ3v) is 3.60. The summed E-state index contributed by atoms with van der Waals surface area (Å²) >= 11 is 0. The minimum absolute atomic E-state index is 0.160. The van der Waals surface area contributed by atoms with Gasteiger partial charge in [-0.05, 0) is 19.3 Å². The van der Waals surface area contributed by atoms with Crippen molar-refractivity contribution in [3.8, 4) is 0 Å². The summed E-state index contributed by atoms with van der Waals surface area (Å²) in [5, 5.41) is 0. The van der Waals surface area contributed by atoms with Crippen molar-refractivity contribution >= 4 is 5.78 Å². The fourth-order valence-corrected chi connectivity index (χ4v) is 2.58. The minimum atomic E-state index is 0.160. The second-order valence-electron chi connectivity index (χ2n) is 5.00. The van der Waals surface area contributed by atoms with Crippen LogP contribution in [0.3, 0.4) is 0 Å². The van der Waals surface area contributed by atoms with Crippen LogP contribution < -0.4 is 0 Å². The van der Waals surface area contributed by atoms with Crippen LogP contribution in [0.15, 0.2) is 0 Å². The molecule has 0 bridgehead atoms. The average molecular weight is 211 g/mol. The molecule has 0 aromatic heterocycles. The number of ketones is 1. The maximum absolute atomic E-state index is 11.7. The fourth-order valence-electron chi connectivity index (χ4n) is 2.58. The molecule has 0 N–H and O–H groups in total. The van der Waals surface area contributed by atoms with Crippen molar-refractivity contribution in [3.05, 3.63) is 0 Å². The summed E-state index contributed by atoms with van der Waals surface area (Å²) in [6, 6.07) is 0.515. The number of rotatable bonds is 3. The van der Waals surface area contributed by atoms with Crippen LogP contribution in [0.1, 0.15) is 33.1 Å². The molecule has 1 heterocycles. The van der Waals surface area contributed by atoms with Gasteiger partial charge in [0.2, 0.25) is 0 Å². The van der Waals surface area contributed by atoms with E-state index in [0.717, 1.165) is 13.2 Å². The Balaban J connectivity index is 1.93. The van der Waals surface area contributed by atoms with E-state index >= 15 is 0 Å². The Bertz CT molecular complexity index is 240. The maximum Gasteiger partial charge on any atom is 0.149 e. The number of nitrogens with zero attached hydrogens (tertiary/aromatic N) is 1. The van der Waals surface area contributed by atoms with Crippen molar-refractivity contribution in [2.45, 2.75) is 45.3 Å². The lowest BCUT2D eigenvalue weighted by Crippen LogP contribution is -2.50.